The molecule has 2 aromatic rings. The molecule has 21 heavy (non-hydrogen) atoms. The number of phenols is 2. The van der Waals surface area contributed by atoms with Crippen LogP contribution < -0.4 is 10.9 Å². The van der Waals surface area contributed by atoms with Crippen LogP contribution in [0.2, 0.25) is 0 Å². The van der Waals surface area contributed by atoms with Gasteiger partial charge in [0.05, 0.1) is 11.7 Å². The molecule has 1 aliphatic carbocycles. The van der Waals surface area contributed by atoms with E-state index >= 15 is 0 Å². The van der Waals surface area contributed by atoms with Crippen molar-refractivity contribution >= 4 is 5.70 Å². The van der Waals surface area contributed by atoms with Crippen molar-refractivity contribution in [3.05, 3.63) is 64.7 Å². The Morgan fingerprint density at radius 3 is 2.57 bits per heavy atom. The normalized spacial score (nSPS) is 19.9. The maximum Gasteiger partial charge on any atom is 0.119 e. The molecule has 1 aliphatic heterocycles. The van der Waals surface area contributed by atoms with Crippen LogP contribution in [0.5, 0.6) is 11.5 Å². The number of rotatable bonds is 1. The molecule has 0 radical (unpaired) electrons. The lowest BCUT2D eigenvalue weighted by Gasteiger charge is -2.21. The molecule has 4 nitrogen and oxygen atoms in total. The number of hydrogen-bond acceptors (Lipinski definition) is 4. The van der Waals surface area contributed by atoms with E-state index < -0.39 is 0 Å². The molecule has 2 aliphatic rings. The molecule has 0 bridgehead atoms. The fraction of sp³-hybridized carbons (Fsp3) is 0.176. The van der Waals surface area contributed by atoms with Crippen LogP contribution in [0.1, 0.15) is 29.2 Å². The highest BCUT2D eigenvalue weighted by Crippen LogP contribution is 2.41. The van der Waals surface area contributed by atoms with Crippen LogP contribution in [0.3, 0.4) is 0 Å². The Hall–Kier alpha value is -2.46. The van der Waals surface area contributed by atoms with Gasteiger partial charge < -0.3 is 15.6 Å². The summed E-state index contributed by atoms with van der Waals surface area (Å²) in [5.41, 5.74) is 12.2. The number of hydrogen-bond donors (Lipinski definition) is 4. The molecule has 2 aromatic carbocycles. The number of aromatic hydroxyl groups is 2. The summed E-state index contributed by atoms with van der Waals surface area (Å²) in [5.74, 6) is 0.645. The van der Waals surface area contributed by atoms with Gasteiger partial charge >= 0.3 is 0 Å². The minimum atomic E-state index is 0.107. The van der Waals surface area contributed by atoms with Gasteiger partial charge in [-0.3, -0.25) is 0 Å². The monoisotopic (exact) mass is 280 g/mol. The van der Waals surface area contributed by atoms with Crippen molar-refractivity contribution in [3.8, 4) is 11.5 Å². The summed E-state index contributed by atoms with van der Waals surface area (Å²) in [6, 6.07) is 13.0. The van der Waals surface area contributed by atoms with E-state index in [2.05, 4.69) is 10.9 Å². The minimum absolute atomic E-state index is 0.107. The number of fused-ring (bicyclic) bond motifs is 2. The van der Waals surface area contributed by atoms with Gasteiger partial charge in [-0.05, 0) is 42.2 Å². The van der Waals surface area contributed by atoms with Crippen LogP contribution in [-0.2, 0) is 6.42 Å². The zero-order valence-electron chi connectivity index (χ0n) is 11.4. The van der Waals surface area contributed by atoms with Gasteiger partial charge in [0.15, 0.2) is 0 Å². The molecular weight excluding hydrogens is 264 g/mol. The van der Waals surface area contributed by atoms with Gasteiger partial charge in [0.25, 0.3) is 0 Å². The fourth-order valence-electron chi connectivity index (χ4n) is 3.25. The number of nitrogens with one attached hydrogen (secondary N) is 2. The Morgan fingerprint density at radius 2 is 1.76 bits per heavy atom. The van der Waals surface area contributed by atoms with Crippen molar-refractivity contribution in [1.29, 1.82) is 0 Å². The van der Waals surface area contributed by atoms with E-state index in [0.717, 1.165) is 35.2 Å². The molecule has 0 amide bonds. The third kappa shape index (κ3) is 1.87. The smallest absolute Gasteiger partial charge is 0.119 e. The summed E-state index contributed by atoms with van der Waals surface area (Å²) >= 11 is 0. The largest absolute Gasteiger partial charge is 0.508 e. The zero-order chi connectivity index (χ0) is 14.4. The molecule has 0 saturated heterocycles. The molecule has 4 rings (SSSR count). The molecule has 0 saturated carbocycles. The average Bonchev–Trinajstić information content (AvgIpc) is 2.93. The minimum Gasteiger partial charge on any atom is -0.508 e. The molecular formula is C17H16N2O2. The fourth-order valence-corrected chi connectivity index (χ4v) is 3.25. The van der Waals surface area contributed by atoms with Gasteiger partial charge in [-0.25, -0.2) is 5.43 Å². The van der Waals surface area contributed by atoms with Gasteiger partial charge in [-0.2, -0.15) is 0 Å². The van der Waals surface area contributed by atoms with Crippen LogP contribution in [0, 0.1) is 0 Å². The highest BCUT2D eigenvalue weighted by atomic mass is 16.3. The van der Waals surface area contributed by atoms with Gasteiger partial charge in [-0.15, -0.1) is 0 Å². The Bertz CT molecular complexity index is 735. The second kappa shape index (κ2) is 4.53. The maximum absolute atomic E-state index is 9.99. The average molecular weight is 280 g/mol. The van der Waals surface area contributed by atoms with Crippen LogP contribution >= 0.6 is 0 Å². The van der Waals surface area contributed by atoms with E-state index in [9.17, 15) is 10.2 Å². The predicted molar refractivity (Wildman–Crippen MR) is 80.5 cm³/mol. The third-order valence-electron chi connectivity index (χ3n) is 4.30. The van der Waals surface area contributed by atoms with E-state index in [1.807, 2.05) is 24.3 Å². The first-order valence-corrected chi connectivity index (χ1v) is 7.09. The van der Waals surface area contributed by atoms with Gasteiger partial charge in [-0.1, -0.05) is 24.3 Å². The van der Waals surface area contributed by atoms with Crippen LogP contribution in [0.15, 0.2) is 48.0 Å². The highest BCUT2D eigenvalue weighted by molar-refractivity contribution is 5.76. The second-order valence-electron chi connectivity index (χ2n) is 5.50. The summed E-state index contributed by atoms with van der Waals surface area (Å²) in [6.45, 7) is 0. The Morgan fingerprint density at radius 1 is 0.952 bits per heavy atom. The molecule has 1 unspecified atom stereocenters. The summed E-state index contributed by atoms with van der Waals surface area (Å²) in [4.78, 5) is 0. The maximum atomic E-state index is 9.99. The lowest BCUT2D eigenvalue weighted by atomic mass is 9.85. The van der Waals surface area contributed by atoms with E-state index in [-0.39, 0.29) is 11.8 Å². The summed E-state index contributed by atoms with van der Waals surface area (Å²) in [6.07, 6.45) is 1.75. The first-order valence-electron chi connectivity index (χ1n) is 7.09. The van der Waals surface area contributed by atoms with Crippen molar-refractivity contribution in [1.82, 2.24) is 10.9 Å². The van der Waals surface area contributed by atoms with Gasteiger partial charge in [0.1, 0.15) is 11.5 Å². The first-order chi connectivity index (χ1) is 10.2. The lowest BCUT2D eigenvalue weighted by molar-refractivity contribution is 0.466. The second-order valence-corrected chi connectivity index (χ2v) is 5.50. The molecule has 0 spiro atoms. The van der Waals surface area contributed by atoms with Crippen LogP contribution in [-0.4, -0.2) is 10.2 Å². The lowest BCUT2D eigenvalue weighted by Crippen LogP contribution is -2.26. The molecule has 0 aromatic heterocycles. The third-order valence-corrected chi connectivity index (χ3v) is 4.30. The first kappa shape index (κ1) is 12.3. The number of phenolic OH excluding ortho intramolecular Hbond substituents is 2. The summed E-state index contributed by atoms with van der Waals surface area (Å²) < 4.78 is 0. The standard InChI is InChI=1S/C17H16N2O2/c20-11-6-4-10(5-7-11)16-14-9-8-12-13(17(14)19-18-16)2-1-3-15(12)21/h1-7,16,18-21H,8-9H2. The molecule has 4 heteroatoms. The van der Waals surface area contributed by atoms with Gasteiger partial charge in [0, 0.05) is 11.1 Å². The van der Waals surface area contributed by atoms with Crippen molar-refractivity contribution in [2.24, 2.45) is 0 Å². The molecule has 0 fully saturated rings. The Balaban J connectivity index is 1.78. The zero-order valence-corrected chi connectivity index (χ0v) is 11.4. The van der Waals surface area contributed by atoms with Crippen molar-refractivity contribution < 1.29 is 10.2 Å². The van der Waals surface area contributed by atoms with Crippen molar-refractivity contribution in [2.45, 2.75) is 18.9 Å². The molecule has 4 N–H and O–H groups in total. The Kier molecular flexibility index (Phi) is 2.65. The molecule has 1 atom stereocenters. The van der Waals surface area contributed by atoms with Crippen molar-refractivity contribution in [2.75, 3.05) is 0 Å². The Labute approximate surface area is 122 Å². The van der Waals surface area contributed by atoms with Crippen LogP contribution in [0.25, 0.3) is 5.70 Å². The van der Waals surface area contributed by atoms with Gasteiger partial charge in [0.2, 0.25) is 0 Å². The summed E-state index contributed by atoms with van der Waals surface area (Å²) in [5, 5.41) is 19.4. The SMILES string of the molecule is Oc1ccc(C2NNC3=C2CCc2c(O)cccc23)cc1. The summed E-state index contributed by atoms with van der Waals surface area (Å²) in [7, 11) is 0. The van der Waals surface area contributed by atoms with E-state index in [1.54, 1.807) is 18.2 Å². The quantitative estimate of drug-likeness (QED) is 0.648. The molecule has 106 valence electrons. The number of hydrazine groups is 1. The van der Waals surface area contributed by atoms with E-state index in [1.165, 1.54) is 5.57 Å². The number of benzene rings is 2. The highest BCUT2D eigenvalue weighted by Gasteiger charge is 2.31. The van der Waals surface area contributed by atoms with Crippen molar-refractivity contribution in [3.63, 3.8) is 0 Å². The van der Waals surface area contributed by atoms with E-state index in [4.69, 9.17) is 0 Å². The molecule has 1 heterocycles. The predicted octanol–water partition coefficient (Wildman–Crippen LogP) is 2.60. The van der Waals surface area contributed by atoms with E-state index in [0.29, 0.717) is 5.75 Å². The topological polar surface area (TPSA) is 64.5 Å². The van der Waals surface area contributed by atoms with Crippen LogP contribution in [0.4, 0.5) is 0 Å².